The van der Waals surface area contributed by atoms with Gasteiger partial charge in [-0.05, 0) is 49.1 Å². The number of anilines is 1. The molecule has 0 unspecified atom stereocenters. The molecule has 5 amide bonds. The van der Waals surface area contributed by atoms with Crippen LogP contribution in [-0.4, -0.2) is 404 Å². The third-order valence-electron chi connectivity index (χ3n) is 17.7. The van der Waals surface area contributed by atoms with E-state index in [-0.39, 0.29) is 67.7 Å². The SMILES string of the molecule is CCCN(CCC)C(=O)C1=Cc2ccc(C(=O)Nc3cnc4c(c3)CN(C(=O)CCOCCOCCOCCOCCOCCOCCOCCOCCOCCOCCOCCOCCOCCOCCOCCOCCOCCOCCOCCOCCOCCOCCOCCOCCCC(=O)CCN3C(=O)C=CC3=O)CC4)cc2N=C(N)C1. The van der Waals surface area contributed by atoms with Gasteiger partial charge < -0.3 is 135 Å². The number of Topliss-reactive ketones (excluding diaryl/α,β-unsaturated/α-hetero) is 1. The molecule has 5 rings (SSSR count). The fourth-order valence-corrected chi connectivity index (χ4v) is 11.5. The van der Waals surface area contributed by atoms with Crippen LogP contribution in [0.3, 0.4) is 0 Å². The molecule has 1 aromatic heterocycles. The summed E-state index contributed by atoms with van der Waals surface area (Å²) < 4.78 is 133. The first kappa shape index (κ1) is 106. The first-order valence-corrected chi connectivity index (χ1v) is 43.0. The number of carbonyl (C=O) groups is 6. The number of ether oxygens (including phenoxy) is 24. The maximum atomic E-state index is 13.5. The Morgan fingerprint density at radius 2 is 0.762 bits per heavy atom. The Morgan fingerprint density at radius 3 is 1.11 bits per heavy atom. The van der Waals surface area contributed by atoms with Crippen LogP contribution < -0.4 is 11.1 Å². The summed E-state index contributed by atoms with van der Waals surface area (Å²) in [6.07, 6.45) is 9.69. The van der Waals surface area contributed by atoms with Gasteiger partial charge in [-0.3, -0.25) is 38.7 Å². The molecule has 0 saturated carbocycles. The van der Waals surface area contributed by atoms with E-state index in [2.05, 4.69) is 15.3 Å². The van der Waals surface area contributed by atoms with Gasteiger partial charge in [0.05, 0.1) is 335 Å². The third-order valence-corrected chi connectivity index (χ3v) is 17.7. The molecule has 1 aromatic carbocycles. The molecule has 694 valence electrons. The predicted molar refractivity (Wildman–Crippen MR) is 448 cm³/mol. The number of amidine groups is 1. The van der Waals surface area contributed by atoms with E-state index >= 15 is 0 Å². The van der Waals surface area contributed by atoms with Crippen molar-refractivity contribution in [3.63, 3.8) is 0 Å². The first-order valence-electron chi connectivity index (χ1n) is 43.0. The lowest BCUT2D eigenvalue weighted by molar-refractivity contribution is -0.137. The van der Waals surface area contributed by atoms with Gasteiger partial charge >= 0.3 is 0 Å². The summed E-state index contributed by atoms with van der Waals surface area (Å²) in [7, 11) is 0. The number of benzene rings is 1. The van der Waals surface area contributed by atoms with Gasteiger partial charge in [-0.25, -0.2) is 4.99 Å². The fourth-order valence-electron chi connectivity index (χ4n) is 11.5. The maximum Gasteiger partial charge on any atom is 0.255 e. The maximum absolute atomic E-state index is 13.5. The highest BCUT2D eigenvalue weighted by molar-refractivity contribution is 6.13. The summed E-state index contributed by atoms with van der Waals surface area (Å²) in [5.74, 6) is -0.892. The average molecular weight is 1740 g/mol. The molecule has 4 heterocycles. The predicted octanol–water partition coefficient (Wildman–Crippen LogP) is 4.10. The second kappa shape index (κ2) is 74.8. The summed E-state index contributed by atoms with van der Waals surface area (Å²) >= 11 is 0. The molecule has 0 fully saturated rings. The molecular weight excluding hydrogens is 1600 g/mol. The lowest BCUT2D eigenvalue weighted by Crippen LogP contribution is -2.36. The molecule has 3 aliphatic rings. The number of carbonyl (C=O) groups excluding carboxylic acids is 6. The monoisotopic (exact) mass is 1740 g/mol. The number of fused-ring (bicyclic) bond motifs is 2. The Morgan fingerprint density at radius 1 is 0.426 bits per heavy atom. The first-order chi connectivity index (χ1) is 60.1. The van der Waals surface area contributed by atoms with Crippen LogP contribution in [0.5, 0.6) is 0 Å². The molecule has 3 N–H and O–H groups in total. The van der Waals surface area contributed by atoms with Crippen molar-refractivity contribution in [2.45, 2.75) is 71.8 Å². The van der Waals surface area contributed by atoms with Gasteiger partial charge in [0.25, 0.3) is 17.7 Å². The van der Waals surface area contributed by atoms with Gasteiger partial charge in [0.15, 0.2) is 0 Å². The number of aliphatic imine (C=N–C) groups is 1. The second-order valence-electron chi connectivity index (χ2n) is 27.4. The van der Waals surface area contributed by atoms with E-state index in [9.17, 15) is 28.8 Å². The van der Waals surface area contributed by atoms with Crippen LogP contribution in [0.4, 0.5) is 11.4 Å². The molecule has 2 aromatic rings. The van der Waals surface area contributed by atoms with E-state index in [1.165, 1.54) is 12.2 Å². The van der Waals surface area contributed by atoms with Crippen molar-refractivity contribution < 1.29 is 142 Å². The number of imide groups is 1. The summed E-state index contributed by atoms with van der Waals surface area (Å²) in [4.78, 5) is 88.9. The van der Waals surface area contributed by atoms with Crippen molar-refractivity contribution in [2.75, 3.05) is 349 Å². The van der Waals surface area contributed by atoms with E-state index in [1.807, 2.05) is 30.9 Å². The molecule has 0 radical (unpaired) electrons. The van der Waals surface area contributed by atoms with Crippen LogP contribution in [0.2, 0.25) is 0 Å². The number of hydrogen-bond donors (Lipinski definition) is 2. The number of nitrogens with two attached hydrogens (primary N) is 1. The Bertz CT molecular complexity index is 3120. The Hall–Kier alpha value is -6.42. The molecule has 37 nitrogen and oxygen atoms in total. The Balaban J connectivity index is 0.626. The number of rotatable bonds is 86. The summed E-state index contributed by atoms with van der Waals surface area (Å²) in [5.41, 5.74) is 10.7. The highest BCUT2D eigenvalue weighted by Crippen LogP contribution is 2.30. The summed E-state index contributed by atoms with van der Waals surface area (Å²) in [5, 5.41) is 2.94. The lowest BCUT2D eigenvalue weighted by atomic mass is 10.0. The lowest BCUT2D eigenvalue weighted by Gasteiger charge is -2.28. The second-order valence-corrected chi connectivity index (χ2v) is 27.4. The minimum absolute atomic E-state index is 0.0121. The average Bonchev–Trinajstić information content (AvgIpc) is 1.30. The molecule has 0 saturated heterocycles. The van der Waals surface area contributed by atoms with Crippen LogP contribution in [0.1, 0.15) is 86.0 Å². The molecule has 0 spiro atoms. The highest BCUT2D eigenvalue weighted by atomic mass is 16.6. The normalized spacial score (nSPS) is 13.3. The van der Waals surface area contributed by atoms with Crippen LogP contribution in [-0.2, 0) is 151 Å². The molecule has 3 aliphatic heterocycles. The molecule has 0 atom stereocenters. The van der Waals surface area contributed by atoms with Crippen molar-refractivity contribution in [1.29, 1.82) is 0 Å². The van der Waals surface area contributed by atoms with Crippen molar-refractivity contribution in [3.8, 4) is 0 Å². The van der Waals surface area contributed by atoms with Gasteiger partial charge in [0, 0.05) is 99.6 Å². The van der Waals surface area contributed by atoms with Gasteiger partial charge in [0.1, 0.15) is 11.6 Å². The van der Waals surface area contributed by atoms with Gasteiger partial charge in [-0.2, -0.15) is 0 Å². The van der Waals surface area contributed by atoms with Crippen LogP contribution >= 0.6 is 0 Å². The van der Waals surface area contributed by atoms with E-state index in [0.29, 0.717) is 390 Å². The zero-order chi connectivity index (χ0) is 86.7. The molecular formula is C85H139N7O30. The van der Waals surface area contributed by atoms with Crippen LogP contribution in [0.15, 0.2) is 53.2 Å². The van der Waals surface area contributed by atoms with Crippen molar-refractivity contribution in [2.24, 2.45) is 10.7 Å². The summed E-state index contributed by atoms with van der Waals surface area (Å²) in [6, 6.07) is 7.01. The largest absolute Gasteiger partial charge is 0.387 e. The molecule has 0 aliphatic carbocycles. The van der Waals surface area contributed by atoms with Crippen LogP contribution in [0.25, 0.3) is 6.08 Å². The number of nitrogens with one attached hydrogen (secondary N) is 1. The molecule has 122 heavy (non-hydrogen) atoms. The van der Waals surface area contributed by atoms with Crippen molar-refractivity contribution >= 4 is 58.6 Å². The van der Waals surface area contributed by atoms with Crippen LogP contribution in [0, 0.1) is 0 Å². The van der Waals surface area contributed by atoms with Gasteiger partial charge in [0.2, 0.25) is 11.8 Å². The minimum atomic E-state index is -0.377. The van der Waals surface area contributed by atoms with Crippen molar-refractivity contribution in [1.82, 2.24) is 19.7 Å². The minimum Gasteiger partial charge on any atom is -0.387 e. The molecule has 37 heteroatoms. The Kier molecular flexibility index (Phi) is 65.1. The topological polar surface area (TPSA) is 397 Å². The van der Waals surface area contributed by atoms with E-state index in [0.717, 1.165) is 29.0 Å². The molecule has 0 bridgehead atoms. The van der Waals surface area contributed by atoms with Gasteiger partial charge in [-0.1, -0.05) is 19.9 Å². The number of pyridine rings is 1. The number of nitrogens with zero attached hydrogens (tertiary/aromatic N) is 5. The Labute approximate surface area is 719 Å². The fraction of sp³-hybridized carbons (Fsp3) is 0.741. The van der Waals surface area contributed by atoms with E-state index in [4.69, 9.17) is 119 Å². The smallest absolute Gasteiger partial charge is 0.255 e. The zero-order valence-corrected chi connectivity index (χ0v) is 72.3. The number of ketones is 1. The van der Waals surface area contributed by atoms with Gasteiger partial charge in [-0.15, -0.1) is 0 Å². The quantitative estimate of drug-likeness (QED) is 0.0695. The van der Waals surface area contributed by atoms with E-state index in [1.54, 1.807) is 29.3 Å². The van der Waals surface area contributed by atoms with E-state index < -0.39 is 0 Å². The number of aromatic nitrogens is 1. The van der Waals surface area contributed by atoms with Crippen molar-refractivity contribution in [3.05, 3.63) is 70.6 Å². The third kappa shape index (κ3) is 54.5. The summed E-state index contributed by atoms with van der Waals surface area (Å²) in [6.45, 7) is 27.9. The standard InChI is InChI=1S/C85H139N7O30/c1-3-14-90(15-4-2)85(98)74-66-72-7-8-73(68-79(72)89-80(86)69-74)84(97)88-76-67-75-71-91(16-12-78(75)87-70-76)81(94)13-19-100-21-23-102-25-27-104-29-31-106-33-35-108-37-39-110-41-43-112-45-47-114-49-51-116-53-55-118-57-59-120-61-63-122-65-64-121-62-60-119-58-56-117-54-52-115-50-48-113-46-44-111-42-40-109-38-36-107-34-32-105-30-28-103-26-24-101-22-20-99-18-5-6-77(93)11-17-92-82(95)9-10-83(92)96/h7-10,66-68,70H,3-6,11-65,69,71H2,1-2H3,(H2,86,89)(H,88,97). The zero-order valence-electron chi connectivity index (χ0n) is 72.3. The highest BCUT2D eigenvalue weighted by Gasteiger charge is 2.26. The number of amides is 5. The number of hydrogen-bond acceptors (Lipinski definition) is 33.